The molecule has 0 unspecified atom stereocenters. The Bertz CT molecular complexity index is 201. The summed E-state index contributed by atoms with van der Waals surface area (Å²) in [6.07, 6.45) is 10.1. The molecule has 2 heteroatoms. The summed E-state index contributed by atoms with van der Waals surface area (Å²) in [6, 6.07) is 0. The van der Waals surface area contributed by atoms with Crippen molar-refractivity contribution in [2.24, 2.45) is 5.92 Å². The van der Waals surface area contributed by atoms with Crippen molar-refractivity contribution in [2.75, 3.05) is 17.3 Å². The summed E-state index contributed by atoms with van der Waals surface area (Å²) in [4.78, 5) is 12.2. The van der Waals surface area contributed by atoms with Gasteiger partial charge in [-0.1, -0.05) is 39.5 Å². The van der Waals surface area contributed by atoms with Gasteiger partial charge >= 0.3 is 0 Å². The van der Waals surface area contributed by atoms with Crippen molar-refractivity contribution in [1.29, 1.82) is 0 Å². The van der Waals surface area contributed by atoms with Crippen molar-refractivity contribution in [3.63, 3.8) is 0 Å². The molecule has 0 saturated heterocycles. The number of hydrogen-bond acceptors (Lipinski definition) is 1. The molecule has 0 atom stereocenters. The van der Waals surface area contributed by atoms with Gasteiger partial charge in [0.1, 0.15) is 11.5 Å². The van der Waals surface area contributed by atoms with Crippen LogP contribution in [0.5, 0.6) is 0 Å². The number of Topliss-reactive ketones (excluding diaryl/α,β-unsaturated/α-hetero) is 1. The van der Waals surface area contributed by atoms with Gasteiger partial charge in [-0.05, 0) is 36.6 Å². The van der Waals surface area contributed by atoms with E-state index in [-0.39, 0.29) is 0 Å². The fourth-order valence-corrected chi connectivity index (χ4v) is 5.03. The normalized spacial score (nSPS) is 16.9. The molecule has 0 aliphatic heterocycles. The van der Waals surface area contributed by atoms with E-state index in [4.69, 9.17) is 0 Å². The predicted octanol–water partition coefficient (Wildman–Crippen LogP) is 3.96. The number of hydrogen-bond donors (Lipinski definition) is 0. The van der Waals surface area contributed by atoms with Crippen molar-refractivity contribution in [2.45, 2.75) is 65.2 Å². The third-order valence-corrected chi connectivity index (χ3v) is 6.15. The van der Waals surface area contributed by atoms with E-state index in [1.807, 2.05) is 0 Å². The van der Waals surface area contributed by atoms with Crippen LogP contribution in [-0.2, 0) is 15.7 Å². The Morgan fingerprint density at radius 2 is 1.59 bits per heavy atom. The average molecular weight is 257 g/mol. The lowest BCUT2D eigenvalue weighted by atomic mass is 10.0. The topological polar surface area (TPSA) is 17.1 Å². The minimum Gasteiger partial charge on any atom is -0.294 e. The molecular formula is C15H29OS+. The highest BCUT2D eigenvalue weighted by Crippen LogP contribution is 2.26. The molecule has 1 saturated carbocycles. The van der Waals surface area contributed by atoms with Crippen LogP contribution in [-0.4, -0.2) is 23.0 Å². The molecule has 0 heterocycles. The summed E-state index contributed by atoms with van der Waals surface area (Å²) in [5.41, 5.74) is 0. The van der Waals surface area contributed by atoms with Crippen LogP contribution >= 0.6 is 0 Å². The zero-order valence-electron chi connectivity index (χ0n) is 11.7. The maximum atomic E-state index is 12.2. The first-order valence-corrected chi connectivity index (χ1v) is 9.18. The monoisotopic (exact) mass is 257 g/mol. The molecule has 1 fully saturated rings. The Morgan fingerprint density at radius 3 is 2.06 bits per heavy atom. The van der Waals surface area contributed by atoms with Crippen molar-refractivity contribution < 1.29 is 4.79 Å². The summed E-state index contributed by atoms with van der Waals surface area (Å²) in [6.45, 7) is 4.50. The minimum atomic E-state index is 0.400. The molecule has 1 aliphatic carbocycles. The number of carbonyl (C=O) groups excluding carboxylic acids is 1. The molecule has 1 rings (SSSR count). The SMILES string of the molecule is CCCC[S+](CCCC)CC(=O)C1CCCC1. The van der Waals surface area contributed by atoms with Crippen LogP contribution in [0.15, 0.2) is 0 Å². The Hall–Kier alpha value is 0.0200. The highest BCUT2D eigenvalue weighted by molar-refractivity contribution is 7.97. The lowest BCUT2D eigenvalue weighted by Gasteiger charge is -2.10. The maximum absolute atomic E-state index is 12.2. The van der Waals surface area contributed by atoms with Gasteiger partial charge in [0.05, 0.1) is 0 Å². The summed E-state index contributed by atoms with van der Waals surface area (Å²) in [5.74, 6) is 4.54. The van der Waals surface area contributed by atoms with E-state index in [2.05, 4.69) is 13.8 Å². The first-order chi connectivity index (χ1) is 8.27. The van der Waals surface area contributed by atoms with Crippen molar-refractivity contribution in [3.05, 3.63) is 0 Å². The van der Waals surface area contributed by atoms with Crippen LogP contribution in [0.4, 0.5) is 0 Å². The second-order valence-corrected chi connectivity index (χ2v) is 7.65. The van der Waals surface area contributed by atoms with Gasteiger partial charge in [-0.2, -0.15) is 0 Å². The van der Waals surface area contributed by atoms with E-state index in [1.54, 1.807) is 0 Å². The van der Waals surface area contributed by atoms with Crippen LogP contribution in [0.3, 0.4) is 0 Å². The van der Waals surface area contributed by atoms with Gasteiger partial charge < -0.3 is 0 Å². The first-order valence-electron chi connectivity index (χ1n) is 7.44. The standard InChI is InChI=1S/C15H29OS/c1-3-5-11-17(12-6-4-2)13-15(16)14-9-7-8-10-14/h14H,3-13H2,1-2H3/q+1. The van der Waals surface area contributed by atoms with Gasteiger partial charge in [-0.3, -0.25) is 4.79 Å². The van der Waals surface area contributed by atoms with Gasteiger partial charge in [-0.25, -0.2) is 0 Å². The van der Waals surface area contributed by atoms with E-state index in [0.717, 1.165) is 5.75 Å². The number of ketones is 1. The van der Waals surface area contributed by atoms with E-state index in [9.17, 15) is 4.79 Å². The van der Waals surface area contributed by atoms with Crippen LogP contribution < -0.4 is 0 Å². The van der Waals surface area contributed by atoms with Crippen molar-refractivity contribution >= 4 is 16.7 Å². The average Bonchev–Trinajstić information content (AvgIpc) is 2.86. The van der Waals surface area contributed by atoms with Gasteiger partial charge in [-0.15, -0.1) is 0 Å². The second kappa shape index (κ2) is 9.02. The quantitative estimate of drug-likeness (QED) is 0.571. The van der Waals surface area contributed by atoms with Crippen LogP contribution in [0.2, 0.25) is 0 Å². The lowest BCUT2D eigenvalue weighted by molar-refractivity contribution is -0.120. The molecule has 1 aliphatic rings. The van der Waals surface area contributed by atoms with Crippen LogP contribution in [0.25, 0.3) is 0 Å². The number of rotatable bonds is 9. The third kappa shape index (κ3) is 5.94. The predicted molar refractivity (Wildman–Crippen MR) is 78.7 cm³/mol. The van der Waals surface area contributed by atoms with E-state index < -0.39 is 0 Å². The molecule has 0 aromatic heterocycles. The summed E-state index contributed by atoms with van der Waals surface area (Å²) < 4.78 is 0. The first kappa shape index (κ1) is 15.1. The van der Waals surface area contributed by atoms with E-state index in [1.165, 1.54) is 62.9 Å². The van der Waals surface area contributed by atoms with Gasteiger partial charge in [0.2, 0.25) is 0 Å². The van der Waals surface area contributed by atoms with Crippen LogP contribution in [0, 0.1) is 5.92 Å². The molecule has 17 heavy (non-hydrogen) atoms. The lowest BCUT2D eigenvalue weighted by Crippen LogP contribution is -2.26. The largest absolute Gasteiger partial charge is 0.294 e. The molecule has 0 amide bonds. The summed E-state index contributed by atoms with van der Waals surface area (Å²) >= 11 is 0. The Labute approximate surface area is 110 Å². The molecule has 0 bridgehead atoms. The number of carbonyl (C=O) groups is 1. The zero-order valence-corrected chi connectivity index (χ0v) is 12.5. The fraction of sp³-hybridized carbons (Fsp3) is 0.933. The Kier molecular flexibility index (Phi) is 8.00. The third-order valence-electron chi connectivity index (χ3n) is 3.73. The Morgan fingerprint density at radius 1 is 1.06 bits per heavy atom. The molecule has 0 spiro atoms. The Balaban J connectivity index is 2.31. The molecule has 0 aromatic carbocycles. The fourth-order valence-electron chi connectivity index (χ4n) is 2.51. The van der Waals surface area contributed by atoms with Crippen molar-refractivity contribution in [3.8, 4) is 0 Å². The van der Waals surface area contributed by atoms with Crippen LogP contribution in [0.1, 0.15) is 65.2 Å². The minimum absolute atomic E-state index is 0.400. The van der Waals surface area contributed by atoms with E-state index >= 15 is 0 Å². The molecular weight excluding hydrogens is 228 g/mol. The number of unbranched alkanes of at least 4 members (excludes halogenated alkanes) is 2. The molecule has 0 aromatic rings. The second-order valence-electron chi connectivity index (χ2n) is 5.32. The summed E-state index contributed by atoms with van der Waals surface area (Å²) in [5, 5.41) is 0. The summed E-state index contributed by atoms with van der Waals surface area (Å²) in [7, 11) is 0.400. The van der Waals surface area contributed by atoms with Crippen molar-refractivity contribution in [1.82, 2.24) is 0 Å². The smallest absolute Gasteiger partial charge is 0.184 e. The van der Waals surface area contributed by atoms with E-state index in [0.29, 0.717) is 22.6 Å². The zero-order chi connectivity index (χ0) is 12.5. The van der Waals surface area contributed by atoms with Gasteiger partial charge in [0.15, 0.2) is 11.5 Å². The molecule has 100 valence electrons. The molecule has 0 N–H and O–H groups in total. The highest BCUT2D eigenvalue weighted by Gasteiger charge is 2.29. The highest BCUT2D eigenvalue weighted by atomic mass is 32.2. The maximum Gasteiger partial charge on any atom is 0.184 e. The molecule has 0 radical (unpaired) electrons. The van der Waals surface area contributed by atoms with Gasteiger partial charge in [0, 0.05) is 5.92 Å². The molecule has 1 nitrogen and oxygen atoms in total. The van der Waals surface area contributed by atoms with Gasteiger partial charge in [0.25, 0.3) is 0 Å².